The molecule has 0 aliphatic carbocycles. The van der Waals surface area contributed by atoms with E-state index < -0.39 is 0 Å². The molecule has 1 amide bonds. The average Bonchev–Trinajstić information content (AvgIpc) is 2.48. The summed E-state index contributed by atoms with van der Waals surface area (Å²) in [6, 6.07) is 8.02. The minimum atomic E-state index is -0.0931. The van der Waals surface area contributed by atoms with E-state index in [4.69, 9.17) is 4.74 Å². The number of carbonyl (C=O) groups is 1. The van der Waals surface area contributed by atoms with E-state index in [1.54, 1.807) is 4.90 Å². The fourth-order valence-corrected chi connectivity index (χ4v) is 2.61. The van der Waals surface area contributed by atoms with Crippen LogP contribution in [0, 0.1) is 0 Å². The van der Waals surface area contributed by atoms with E-state index in [0.29, 0.717) is 13.2 Å². The fourth-order valence-electron chi connectivity index (χ4n) is 2.61. The first-order chi connectivity index (χ1) is 10.1. The van der Waals surface area contributed by atoms with Gasteiger partial charge in [-0.15, -0.1) is 0 Å². The number of nitrogens with zero attached hydrogens (tertiary/aromatic N) is 2. The van der Waals surface area contributed by atoms with Crippen LogP contribution in [0.25, 0.3) is 0 Å². The maximum absolute atomic E-state index is 12.3. The Bertz CT molecular complexity index is 476. The van der Waals surface area contributed by atoms with Crippen molar-refractivity contribution in [2.75, 3.05) is 40.3 Å². The Hall–Kier alpha value is -1.59. The third-order valence-corrected chi connectivity index (χ3v) is 3.68. The van der Waals surface area contributed by atoms with Gasteiger partial charge in [-0.3, -0.25) is 9.69 Å². The number of hydrogen-bond acceptors (Lipinski definition) is 4. The van der Waals surface area contributed by atoms with Crippen LogP contribution in [-0.2, 0) is 11.3 Å². The second-order valence-corrected chi connectivity index (χ2v) is 5.50. The van der Waals surface area contributed by atoms with Crippen molar-refractivity contribution in [3.63, 3.8) is 0 Å². The van der Waals surface area contributed by atoms with Crippen LogP contribution in [0.1, 0.15) is 12.5 Å². The molecular weight excluding hydrogens is 266 g/mol. The quantitative estimate of drug-likeness (QED) is 0.877. The first-order valence-corrected chi connectivity index (χ1v) is 7.49. The summed E-state index contributed by atoms with van der Waals surface area (Å²) in [5.41, 5.74) is 1.18. The summed E-state index contributed by atoms with van der Waals surface area (Å²) in [6.07, 6.45) is 0. The second-order valence-electron chi connectivity index (χ2n) is 5.50. The van der Waals surface area contributed by atoms with Crippen molar-refractivity contribution in [3.8, 4) is 5.75 Å². The lowest BCUT2D eigenvalue weighted by Gasteiger charge is -2.36. The average molecular weight is 291 g/mol. The molecule has 0 bridgehead atoms. The first-order valence-electron chi connectivity index (χ1n) is 7.49. The Balaban J connectivity index is 2.08. The number of rotatable bonds is 5. The monoisotopic (exact) mass is 291 g/mol. The van der Waals surface area contributed by atoms with Crippen LogP contribution in [-0.4, -0.2) is 62.1 Å². The molecule has 1 heterocycles. The minimum absolute atomic E-state index is 0.0931. The third-order valence-electron chi connectivity index (χ3n) is 3.68. The van der Waals surface area contributed by atoms with Gasteiger partial charge in [0.25, 0.3) is 0 Å². The maximum Gasteiger partial charge on any atom is 0.240 e. The SMILES string of the molecule is CCOc1cccc(CN2CCNCC2C(=O)N(C)C)c1. The zero-order valence-corrected chi connectivity index (χ0v) is 13.1. The molecule has 5 heteroatoms. The number of nitrogens with one attached hydrogen (secondary N) is 1. The van der Waals surface area contributed by atoms with Crippen molar-refractivity contribution in [2.24, 2.45) is 0 Å². The van der Waals surface area contributed by atoms with Crippen LogP contribution in [0.2, 0.25) is 0 Å². The molecule has 1 fully saturated rings. The molecule has 1 aromatic rings. The highest BCUT2D eigenvalue weighted by molar-refractivity contribution is 5.81. The standard InChI is InChI=1S/C16H25N3O2/c1-4-21-14-7-5-6-13(10-14)12-19-9-8-17-11-15(19)16(20)18(2)3/h5-7,10,15,17H,4,8-9,11-12H2,1-3H3. The number of hydrogen-bond donors (Lipinski definition) is 1. The van der Waals surface area contributed by atoms with Crippen molar-refractivity contribution in [1.82, 2.24) is 15.1 Å². The van der Waals surface area contributed by atoms with Gasteiger partial charge in [0, 0.05) is 40.3 Å². The first kappa shape index (κ1) is 15.8. The van der Waals surface area contributed by atoms with Crippen LogP contribution in [0.5, 0.6) is 5.75 Å². The normalized spacial score (nSPS) is 19.3. The number of benzene rings is 1. The molecule has 1 N–H and O–H groups in total. The molecule has 1 saturated heterocycles. The van der Waals surface area contributed by atoms with Gasteiger partial charge in [0.1, 0.15) is 11.8 Å². The lowest BCUT2D eigenvalue weighted by molar-refractivity contribution is -0.135. The molecule has 0 aromatic heterocycles. The number of carbonyl (C=O) groups excluding carboxylic acids is 1. The molecule has 1 atom stereocenters. The summed E-state index contributed by atoms with van der Waals surface area (Å²) in [6.45, 7) is 5.92. The van der Waals surface area contributed by atoms with Gasteiger partial charge >= 0.3 is 0 Å². The van der Waals surface area contributed by atoms with Crippen LogP contribution in [0.15, 0.2) is 24.3 Å². The van der Waals surface area contributed by atoms with E-state index in [1.807, 2.05) is 33.2 Å². The highest BCUT2D eigenvalue weighted by Crippen LogP contribution is 2.17. The van der Waals surface area contributed by atoms with E-state index in [2.05, 4.69) is 22.3 Å². The fraction of sp³-hybridized carbons (Fsp3) is 0.562. The molecule has 1 aliphatic heterocycles. The zero-order chi connectivity index (χ0) is 15.2. The van der Waals surface area contributed by atoms with Crippen molar-refractivity contribution >= 4 is 5.91 Å². The second kappa shape index (κ2) is 7.43. The lowest BCUT2D eigenvalue weighted by Crippen LogP contribution is -2.57. The van der Waals surface area contributed by atoms with E-state index in [1.165, 1.54) is 5.56 Å². The van der Waals surface area contributed by atoms with Crippen LogP contribution >= 0.6 is 0 Å². The van der Waals surface area contributed by atoms with Gasteiger partial charge in [0.2, 0.25) is 5.91 Å². The van der Waals surface area contributed by atoms with Crippen molar-refractivity contribution in [3.05, 3.63) is 29.8 Å². The van der Waals surface area contributed by atoms with E-state index in [0.717, 1.165) is 25.4 Å². The molecule has 5 nitrogen and oxygen atoms in total. The van der Waals surface area contributed by atoms with Crippen molar-refractivity contribution < 1.29 is 9.53 Å². The van der Waals surface area contributed by atoms with Gasteiger partial charge in [0.05, 0.1) is 6.61 Å². The third kappa shape index (κ3) is 4.19. The number of ether oxygens (including phenoxy) is 1. The van der Waals surface area contributed by atoms with Gasteiger partial charge < -0.3 is 15.0 Å². The predicted octanol–water partition coefficient (Wildman–Crippen LogP) is 0.947. The minimum Gasteiger partial charge on any atom is -0.494 e. The molecule has 0 spiro atoms. The van der Waals surface area contributed by atoms with Gasteiger partial charge in [-0.05, 0) is 24.6 Å². The Labute approximate surface area is 126 Å². The Morgan fingerprint density at radius 3 is 3.00 bits per heavy atom. The van der Waals surface area contributed by atoms with Gasteiger partial charge in [-0.1, -0.05) is 12.1 Å². The zero-order valence-electron chi connectivity index (χ0n) is 13.1. The predicted molar refractivity (Wildman–Crippen MR) is 83.4 cm³/mol. The molecule has 0 radical (unpaired) electrons. The summed E-state index contributed by atoms with van der Waals surface area (Å²) in [4.78, 5) is 16.2. The van der Waals surface area contributed by atoms with E-state index in [-0.39, 0.29) is 11.9 Å². The summed E-state index contributed by atoms with van der Waals surface area (Å²) in [5, 5.41) is 3.30. The maximum atomic E-state index is 12.3. The number of amides is 1. The molecule has 1 aromatic carbocycles. The molecule has 21 heavy (non-hydrogen) atoms. The number of piperazine rings is 1. The Kier molecular flexibility index (Phi) is 5.59. The van der Waals surface area contributed by atoms with Crippen LogP contribution in [0.4, 0.5) is 0 Å². The van der Waals surface area contributed by atoms with Crippen molar-refractivity contribution in [1.29, 1.82) is 0 Å². The summed E-state index contributed by atoms with van der Waals surface area (Å²) in [7, 11) is 3.62. The highest BCUT2D eigenvalue weighted by atomic mass is 16.5. The van der Waals surface area contributed by atoms with E-state index in [9.17, 15) is 4.79 Å². The van der Waals surface area contributed by atoms with Gasteiger partial charge in [-0.25, -0.2) is 0 Å². The Morgan fingerprint density at radius 2 is 2.29 bits per heavy atom. The molecular formula is C16H25N3O2. The van der Waals surface area contributed by atoms with Gasteiger partial charge in [-0.2, -0.15) is 0 Å². The summed E-state index contributed by atoms with van der Waals surface area (Å²) < 4.78 is 5.54. The van der Waals surface area contributed by atoms with Gasteiger partial charge in [0.15, 0.2) is 0 Å². The molecule has 0 saturated carbocycles. The van der Waals surface area contributed by atoms with Crippen LogP contribution < -0.4 is 10.1 Å². The summed E-state index contributed by atoms with van der Waals surface area (Å²) >= 11 is 0. The van der Waals surface area contributed by atoms with E-state index >= 15 is 0 Å². The smallest absolute Gasteiger partial charge is 0.240 e. The highest BCUT2D eigenvalue weighted by Gasteiger charge is 2.29. The lowest BCUT2D eigenvalue weighted by atomic mass is 10.1. The molecule has 1 unspecified atom stereocenters. The molecule has 116 valence electrons. The summed E-state index contributed by atoms with van der Waals surface area (Å²) in [5.74, 6) is 1.05. The molecule has 2 rings (SSSR count). The number of likely N-dealkylation sites (N-methyl/N-ethyl adjacent to an activating group) is 1. The molecule has 1 aliphatic rings. The topological polar surface area (TPSA) is 44.8 Å². The largest absolute Gasteiger partial charge is 0.494 e. The Morgan fingerprint density at radius 1 is 1.48 bits per heavy atom. The van der Waals surface area contributed by atoms with Crippen molar-refractivity contribution in [2.45, 2.75) is 19.5 Å². The van der Waals surface area contributed by atoms with Crippen LogP contribution in [0.3, 0.4) is 0 Å².